The van der Waals surface area contributed by atoms with Crippen molar-refractivity contribution in [2.24, 2.45) is 0 Å². The maximum atomic E-state index is 6.24. The van der Waals surface area contributed by atoms with Gasteiger partial charge in [-0.1, -0.05) is 32.4 Å². The Morgan fingerprint density at radius 2 is 2.10 bits per heavy atom. The molecule has 0 spiro atoms. The van der Waals surface area contributed by atoms with E-state index >= 15 is 0 Å². The number of halogens is 1. The normalized spacial score (nSPS) is 20.6. The van der Waals surface area contributed by atoms with Crippen molar-refractivity contribution in [3.8, 4) is 0 Å². The average molecular weight is 313 g/mol. The lowest BCUT2D eigenvalue weighted by atomic mass is 9.95. The van der Waals surface area contributed by atoms with Crippen LogP contribution in [-0.4, -0.2) is 54.3 Å². The van der Waals surface area contributed by atoms with Gasteiger partial charge in [-0.2, -0.15) is 0 Å². The zero-order chi connectivity index (χ0) is 15.6. The number of rotatable bonds is 3. The number of nitrogens with zero attached hydrogens (tertiary/aromatic N) is 3. The Balaban J connectivity index is 2.10. The predicted molar refractivity (Wildman–Crippen MR) is 86.2 cm³/mol. The molecule has 21 heavy (non-hydrogen) atoms. The first-order valence-corrected chi connectivity index (χ1v) is 7.74. The number of ether oxygens (including phenoxy) is 1. The van der Waals surface area contributed by atoms with E-state index in [0.717, 1.165) is 43.4 Å². The van der Waals surface area contributed by atoms with E-state index < -0.39 is 0 Å². The van der Waals surface area contributed by atoms with Gasteiger partial charge in [0.05, 0.1) is 12.7 Å². The first kappa shape index (κ1) is 16.5. The molecule has 1 atom stereocenters. The maximum absolute atomic E-state index is 6.24. The van der Waals surface area contributed by atoms with Crippen LogP contribution in [0, 0.1) is 6.92 Å². The number of hydrogen-bond acceptors (Lipinski definition) is 5. The zero-order valence-corrected chi connectivity index (χ0v) is 14.3. The fourth-order valence-electron chi connectivity index (χ4n) is 2.20. The van der Waals surface area contributed by atoms with Crippen LogP contribution in [0.5, 0.6) is 0 Å². The van der Waals surface area contributed by atoms with E-state index in [1.165, 1.54) is 0 Å². The van der Waals surface area contributed by atoms with Crippen molar-refractivity contribution in [1.29, 1.82) is 0 Å². The van der Waals surface area contributed by atoms with Crippen LogP contribution in [0.4, 0.5) is 5.82 Å². The van der Waals surface area contributed by atoms with Crippen LogP contribution >= 0.6 is 11.6 Å². The summed E-state index contributed by atoms with van der Waals surface area (Å²) in [6.07, 6.45) is 0.176. The molecule has 0 radical (unpaired) electrons. The lowest BCUT2D eigenvalue weighted by molar-refractivity contribution is -0.0117. The highest BCUT2D eigenvalue weighted by atomic mass is 35.5. The molecular formula is C15H25ClN4O. The molecule has 6 heteroatoms. The third-order valence-electron chi connectivity index (χ3n) is 3.60. The number of nitrogens with one attached hydrogen (secondary N) is 1. The van der Waals surface area contributed by atoms with Gasteiger partial charge in [0.25, 0.3) is 0 Å². The van der Waals surface area contributed by atoms with Gasteiger partial charge < -0.3 is 15.0 Å². The van der Waals surface area contributed by atoms with Gasteiger partial charge in [-0.25, -0.2) is 9.97 Å². The summed E-state index contributed by atoms with van der Waals surface area (Å²) in [6, 6.07) is 0. The lowest BCUT2D eigenvalue weighted by Gasteiger charge is -2.30. The minimum Gasteiger partial charge on any atom is -0.374 e. The molecule has 118 valence electrons. The van der Waals surface area contributed by atoms with Crippen LogP contribution in [0.25, 0.3) is 0 Å². The summed E-state index contributed by atoms with van der Waals surface area (Å²) >= 11 is 6.24. The van der Waals surface area contributed by atoms with E-state index in [1.54, 1.807) is 0 Å². The van der Waals surface area contributed by atoms with Gasteiger partial charge in [0, 0.05) is 30.6 Å². The number of aromatic nitrogens is 2. The summed E-state index contributed by atoms with van der Waals surface area (Å²) in [6.45, 7) is 11.6. The fraction of sp³-hybridized carbons (Fsp3) is 0.733. The molecule has 1 aliphatic heterocycles. The molecular weight excluding hydrogens is 288 g/mol. The van der Waals surface area contributed by atoms with Crippen molar-refractivity contribution in [3.05, 3.63) is 16.5 Å². The third-order valence-corrected chi connectivity index (χ3v) is 3.96. The van der Waals surface area contributed by atoms with E-state index in [9.17, 15) is 0 Å². The molecule has 2 rings (SSSR count). The largest absolute Gasteiger partial charge is 0.374 e. The molecule has 1 fully saturated rings. The minimum absolute atomic E-state index is 0.130. The lowest BCUT2D eigenvalue weighted by Crippen LogP contribution is -2.43. The zero-order valence-electron chi connectivity index (χ0n) is 13.5. The SMILES string of the molecule is Cc1c(Cl)nc(C(C)(C)C)nc1NCC1CN(C)CCO1. The smallest absolute Gasteiger partial charge is 0.137 e. The first-order chi connectivity index (χ1) is 9.77. The van der Waals surface area contributed by atoms with Gasteiger partial charge in [0.15, 0.2) is 0 Å². The van der Waals surface area contributed by atoms with E-state index in [-0.39, 0.29) is 11.5 Å². The van der Waals surface area contributed by atoms with E-state index in [4.69, 9.17) is 16.3 Å². The number of anilines is 1. The molecule has 1 unspecified atom stereocenters. The Morgan fingerprint density at radius 3 is 2.71 bits per heavy atom. The van der Waals surface area contributed by atoms with Gasteiger partial charge in [-0.15, -0.1) is 0 Å². The summed E-state index contributed by atoms with van der Waals surface area (Å²) in [7, 11) is 2.11. The van der Waals surface area contributed by atoms with Crippen molar-refractivity contribution in [1.82, 2.24) is 14.9 Å². The minimum atomic E-state index is -0.130. The molecule has 1 aliphatic rings. The summed E-state index contributed by atoms with van der Waals surface area (Å²) < 4.78 is 5.76. The van der Waals surface area contributed by atoms with Crippen LogP contribution in [0.1, 0.15) is 32.2 Å². The van der Waals surface area contributed by atoms with Gasteiger partial charge >= 0.3 is 0 Å². The molecule has 0 bridgehead atoms. The van der Waals surface area contributed by atoms with Crippen molar-refractivity contribution in [2.75, 3.05) is 38.6 Å². The van der Waals surface area contributed by atoms with E-state index in [2.05, 4.69) is 48.0 Å². The monoisotopic (exact) mass is 312 g/mol. The van der Waals surface area contributed by atoms with Crippen molar-refractivity contribution in [3.63, 3.8) is 0 Å². The quantitative estimate of drug-likeness (QED) is 0.869. The van der Waals surface area contributed by atoms with Crippen LogP contribution < -0.4 is 5.32 Å². The van der Waals surface area contributed by atoms with Gasteiger partial charge in [-0.05, 0) is 14.0 Å². The van der Waals surface area contributed by atoms with Gasteiger partial charge in [0.2, 0.25) is 0 Å². The molecule has 1 aromatic heterocycles. The molecule has 1 aromatic rings. The maximum Gasteiger partial charge on any atom is 0.137 e. The molecule has 0 aromatic carbocycles. The summed E-state index contributed by atoms with van der Waals surface area (Å²) in [5, 5.41) is 3.88. The van der Waals surface area contributed by atoms with Crippen LogP contribution in [0.2, 0.25) is 5.15 Å². The predicted octanol–water partition coefficient (Wildman–Crippen LogP) is 2.48. The second kappa shape index (κ2) is 6.46. The Morgan fingerprint density at radius 1 is 1.38 bits per heavy atom. The molecule has 0 saturated carbocycles. The van der Waals surface area contributed by atoms with Crippen LogP contribution in [-0.2, 0) is 10.2 Å². The number of morpholine rings is 1. The summed E-state index contributed by atoms with van der Waals surface area (Å²) in [5.74, 6) is 1.55. The van der Waals surface area contributed by atoms with E-state index in [0.29, 0.717) is 5.15 Å². The van der Waals surface area contributed by atoms with Crippen molar-refractivity contribution >= 4 is 17.4 Å². The Bertz CT molecular complexity index is 501. The molecule has 2 heterocycles. The van der Waals surface area contributed by atoms with E-state index in [1.807, 2.05) is 6.92 Å². The number of hydrogen-bond donors (Lipinski definition) is 1. The standard InChI is InChI=1S/C15H25ClN4O/c1-10-12(16)18-14(15(2,3)4)19-13(10)17-8-11-9-20(5)6-7-21-11/h11H,6-9H2,1-5H3,(H,17,18,19). The molecule has 1 N–H and O–H groups in total. The van der Waals surface area contributed by atoms with Gasteiger partial charge in [-0.3, -0.25) is 0 Å². The van der Waals surface area contributed by atoms with Crippen LogP contribution in [0.15, 0.2) is 0 Å². The second-order valence-corrected chi connectivity index (χ2v) is 7.06. The topological polar surface area (TPSA) is 50.3 Å². The summed E-state index contributed by atoms with van der Waals surface area (Å²) in [5.41, 5.74) is 0.754. The second-order valence-electron chi connectivity index (χ2n) is 6.70. The molecule has 0 aliphatic carbocycles. The van der Waals surface area contributed by atoms with Crippen LogP contribution in [0.3, 0.4) is 0 Å². The Kier molecular flexibility index (Phi) is 5.07. The fourth-order valence-corrected chi connectivity index (χ4v) is 2.37. The number of likely N-dealkylation sites (N-methyl/N-ethyl adjacent to an activating group) is 1. The third kappa shape index (κ3) is 4.28. The first-order valence-electron chi connectivity index (χ1n) is 7.36. The highest BCUT2D eigenvalue weighted by Gasteiger charge is 2.22. The highest BCUT2D eigenvalue weighted by Crippen LogP contribution is 2.26. The van der Waals surface area contributed by atoms with Crippen molar-refractivity contribution in [2.45, 2.75) is 39.2 Å². The molecule has 0 amide bonds. The highest BCUT2D eigenvalue weighted by molar-refractivity contribution is 6.30. The average Bonchev–Trinajstić information content (AvgIpc) is 2.39. The molecule has 5 nitrogen and oxygen atoms in total. The van der Waals surface area contributed by atoms with Gasteiger partial charge in [0.1, 0.15) is 16.8 Å². The van der Waals surface area contributed by atoms with Crippen molar-refractivity contribution < 1.29 is 4.74 Å². The summed E-state index contributed by atoms with van der Waals surface area (Å²) in [4.78, 5) is 11.3. The molecule has 1 saturated heterocycles. The Labute approximate surface area is 132 Å². The Hall–Kier alpha value is -0.910.